The molecule has 196 valence electrons. The lowest BCUT2D eigenvalue weighted by Gasteiger charge is -2.60. The molecule has 2 amide bonds. The molecule has 7 heteroatoms. The van der Waals surface area contributed by atoms with Gasteiger partial charge in [0.15, 0.2) is 5.78 Å². The maximum atomic E-state index is 13.5. The quantitative estimate of drug-likeness (QED) is 0.423. The average molecular weight is 552 g/mol. The van der Waals surface area contributed by atoms with Crippen LogP contribution in [0.4, 0.5) is 4.79 Å². The van der Waals surface area contributed by atoms with Crippen molar-refractivity contribution in [3.05, 3.63) is 10.2 Å². The molecule has 0 spiro atoms. The molecule has 6 atom stereocenters. The second-order valence-electron chi connectivity index (χ2n) is 12.7. The van der Waals surface area contributed by atoms with Crippen molar-refractivity contribution < 1.29 is 19.1 Å². The normalized spacial score (nSPS) is 36.9. The molecule has 0 unspecified atom stereocenters. The Bertz CT molecular complexity index is 936. The predicted molar refractivity (Wildman–Crippen MR) is 140 cm³/mol. The molecule has 3 fully saturated rings. The zero-order valence-electron chi connectivity index (χ0n) is 22.6. The van der Waals surface area contributed by atoms with E-state index in [4.69, 9.17) is 4.74 Å². The van der Waals surface area contributed by atoms with Crippen molar-refractivity contribution in [2.24, 2.45) is 34.5 Å². The highest BCUT2D eigenvalue weighted by Crippen LogP contribution is 2.66. The van der Waals surface area contributed by atoms with Gasteiger partial charge in [-0.1, -0.05) is 13.8 Å². The molecule has 0 N–H and O–H groups in total. The van der Waals surface area contributed by atoms with Gasteiger partial charge in [-0.15, -0.1) is 0 Å². The number of ketones is 1. The first-order chi connectivity index (χ1) is 16.3. The van der Waals surface area contributed by atoms with E-state index in [2.05, 4.69) is 43.6 Å². The molecule has 0 aromatic carbocycles. The third kappa shape index (κ3) is 4.27. The average Bonchev–Trinajstić information content (AvgIpc) is 3.13. The number of hydrogen-bond acceptors (Lipinski definition) is 4. The van der Waals surface area contributed by atoms with Crippen LogP contribution in [-0.2, 0) is 14.3 Å². The number of piperidine rings is 1. The summed E-state index contributed by atoms with van der Waals surface area (Å²) in [6.07, 6.45) is 4.87. The van der Waals surface area contributed by atoms with E-state index in [1.165, 1.54) is 0 Å². The van der Waals surface area contributed by atoms with Crippen LogP contribution in [0.2, 0.25) is 0 Å². The molecule has 4 aliphatic rings. The maximum Gasteiger partial charge on any atom is 0.414 e. The van der Waals surface area contributed by atoms with Gasteiger partial charge in [-0.05, 0) is 106 Å². The van der Waals surface area contributed by atoms with Crippen molar-refractivity contribution in [2.45, 2.75) is 92.6 Å². The molecule has 1 heterocycles. The van der Waals surface area contributed by atoms with Crippen molar-refractivity contribution in [3.63, 3.8) is 0 Å². The molecular weight excluding hydrogens is 508 g/mol. The number of hydrogen-bond donors (Lipinski definition) is 0. The smallest absolute Gasteiger partial charge is 0.414 e. The number of nitrogens with zero attached hydrogens (tertiary/aromatic N) is 2. The van der Waals surface area contributed by atoms with Crippen LogP contribution in [0.3, 0.4) is 0 Å². The number of carbonyl (C=O) groups is 3. The number of rotatable bonds is 3. The van der Waals surface area contributed by atoms with Crippen LogP contribution < -0.4 is 0 Å². The number of allylic oxidation sites excluding steroid dienone is 2. The van der Waals surface area contributed by atoms with Gasteiger partial charge in [-0.25, -0.2) is 4.79 Å². The van der Waals surface area contributed by atoms with Crippen LogP contribution in [0, 0.1) is 34.5 Å². The lowest BCUT2D eigenvalue weighted by molar-refractivity contribution is -0.143. The van der Waals surface area contributed by atoms with E-state index >= 15 is 0 Å². The highest BCUT2D eigenvalue weighted by Gasteiger charge is 2.63. The first-order valence-electron chi connectivity index (χ1n) is 13.5. The molecular formula is C28H43BrN2O4. The van der Waals surface area contributed by atoms with Gasteiger partial charge in [0.2, 0.25) is 5.91 Å². The fourth-order valence-corrected chi connectivity index (χ4v) is 8.92. The third-order valence-corrected chi connectivity index (χ3v) is 10.6. The van der Waals surface area contributed by atoms with Gasteiger partial charge in [-0.2, -0.15) is 0 Å². The summed E-state index contributed by atoms with van der Waals surface area (Å²) in [5.41, 5.74) is -0.123. The van der Waals surface area contributed by atoms with Crippen LogP contribution in [-0.4, -0.2) is 52.8 Å². The number of Topliss-reactive ketones (excluding diaryl/α,β-unsaturated/α-hetero) is 1. The zero-order valence-corrected chi connectivity index (χ0v) is 24.2. The molecule has 0 bridgehead atoms. The van der Waals surface area contributed by atoms with Crippen molar-refractivity contribution in [3.8, 4) is 0 Å². The minimum Gasteiger partial charge on any atom is -0.443 e. The largest absolute Gasteiger partial charge is 0.443 e. The van der Waals surface area contributed by atoms with Crippen molar-refractivity contribution in [1.82, 2.24) is 9.80 Å². The van der Waals surface area contributed by atoms with E-state index in [9.17, 15) is 14.4 Å². The number of amides is 2. The monoisotopic (exact) mass is 550 g/mol. The number of halogens is 1. The van der Waals surface area contributed by atoms with Gasteiger partial charge in [-0.3, -0.25) is 14.5 Å². The molecule has 0 aromatic heterocycles. The Labute approximate surface area is 219 Å². The van der Waals surface area contributed by atoms with Crippen LogP contribution in [0.5, 0.6) is 0 Å². The van der Waals surface area contributed by atoms with E-state index in [0.29, 0.717) is 35.2 Å². The van der Waals surface area contributed by atoms with E-state index in [1.54, 1.807) is 4.90 Å². The fraction of sp³-hybridized carbons (Fsp3) is 0.821. The highest BCUT2D eigenvalue weighted by atomic mass is 79.9. The second kappa shape index (κ2) is 9.18. The van der Waals surface area contributed by atoms with E-state index in [0.717, 1.165) is 50.9 Å². The molecule has 0 radical (unpaired) electrons. The Hall–Kier alpha value is -1.37. The molecule has 1 saturated heterocycles. The Morgan fingerprint density at radius 3 is 2.34 bits per heavy atom. The van der Waals surface area contributed by atoms with Crippen LogP contribution in [0.15, 0.2) is 10.2 Å². The van der Waals surface area contributed by atoms with Gasteiger partial charge >= 0.3 is 6.09 Å². The van der Waals surface area contributed by atoms with Crippen LogP contribution in [0.25, 0.3) is 0 Å². The predicted octanol–water partition coefficient (Wildman–Crippen LogP) is 6.14. The third-order valence-electron chi connectivity index (χ3n) is 9.77. The lowest BCUT2D eigenvalue weighted by Crippen LogP contribution is -2.60. The maximum absolute atomic E-state index is 13.5. The van der Waals surface area contributed by atoms with E-state index in [-0.39, 0.29) is 34.5 Å². The Morgan fingerprint density at radius 2 is 1.74 bits per heavy atom. The van der Waals surface area contributed by atoms with Gasteiger partial charge in [0.25, 0.3) is 0 Å². The van der Waals surface area contributed by atoms with Crippen LogP contribution >= 0.6 is 15.9 Å². The summed E-state index contributed by atoms with van der Waals surface area (Å²) in [6, 6.07) is 0. The topological polar surface area (TPSA) is 66.9 Å². The van der Waals surface area contributed by atoms with Crippen molar-refractivity contribution in [2.75, 3.05) is 19.6 Å². The molecule has 35 heavy (non-hydrogen) atoms. The van der Waals surface area contributed by atoms with Crippen molar-refractivity contribution in [1.29, 1.82) is 0 Å². The van der Waals surface area contributed by atoms with Gasteiger partial charge in [0.1, 0.15) is 5.60 Å². The summed E-state index contributed by atoms with van der Waals surface area (Å²) in [7, 11) is 0. The van der Waals surface area contributed by atoms with E-state index in [1.807, 2.05) is 25.7 Å². The lowest BCUT2D eigenvalue weighted by atomic mass is 9.49. The molecule has 1 aliphatic heterocycles. The second-order valence-corrected chi connectivity index (χ2v) is 13.4. The minimum atomic E-state index is -0.619. The fourth-order valence-electron chi connectivity index (χ4n) is 8.05. The number of fused-ring (bicyclic) bond motifs is 5. The van der Waals surface area contributed by atoms with Crippen molar-refractivity contribution >= 4 is 33.7 Å². The van der Waals surface area contributed by atoms with Gasteiger partial charge in [0, 0.05) is 43.1 Å². The summed E-state index contributed by atoms with van der Waals surface area (Å²) in [5.74, 6) is 1.47. The molecule has 3 aliphatic carbocycles. The number of ether oxygens (including phenoxy) is 1. The summed E-state index contributed by atoms with van der Waals surface area (Å²) >= 11 is 3.59. The van der Waals surface area contributed by atoms with Gasteiger partial charge < -0.3 is 9.64 Å². The summed E-state index contributed by atoms with van der Waals surface area (Å²) < 4.78 is 6.40. The zero-order chi connectivity index (χ0) is 25.9. The summed E-state index contributed by atoms with van der Waals surface area (Å²) in [5, 5.41) is 0. The Morgan fingerprint density at radius 1 is 1.09 bits per heavy atom. The number of carbonyl (C=O) groups excluding carboxylic acids is 3. The molecule has 4 rings (SSSR count). The first-order valence-corrected chi connectivity index (χ1v) is 14.3. The number of likely N-dealkylation sites (tertiary alicyclic amines) is 1. The minimum absolute atomic E-state index is 0.0488. The highest BCUT2D eigenvalue weighted by molar-refractivity contribution is 9.12. The summed E-state index contributed by atoms with van der Waals surface area (Å²) in [6.45, 7) is 16.4. The summed E-state index contributed by atoms with van der Waals surface area (Å²) in [4.78, 5) is 43.6. The van der Waals surface area contributed by atoms with Gasteiger partial charge in [0.05, 0.1) is 4.48 Å². The Balaban J connectivity index is 1.73. The Kier molecular flexibility index (Phi) is 7.00. The SMILES string of the molecule is CCN(CC)C(=O)[C@H]1CC[C@H]2[C@@H]3CN(C(=O)OC(C)(C)C)C4=C(Br)C(=O)CC[C@]4(C)[C@H]3CC[C@]12C. The van der Waals surface area contributed by atoms with Crippen LogP contribution in [0.1, 0.15) is 87.0 Å². The van der Waals surface area contributed by atoms with E-state index < -0.39 is 5.60 Å². The molecule has 2 saturated carbocycles. The molecule has 0 aromatic rings. The first kappa shape index (κ1) is 26.7. The molecule has 6 nitrogen and oxygen atoms in total. The standard InChI is InChI=1S/C28H43BrN2O4/c1-8-30(9-2)24(33)20-11-10-18-17-16-31(25(34)35-26(3,4)5)23-22(29)21(32)13-15-28(23,7)19(17)12-14-27(18,20)6/h17-20H,8-16H2,1-7H3/t17-,18-,19-,20+,27-,28+/m0/s1.